The lowest BCUT2D eigenvalue weighted by Crippen LogP contribution is -2.37. The molecule has 1 aliphatic heterocycles. The van der Waals surface area contributed by atoms with Crippen LogP contribution in [0.15, 0.2) is 18.2 Å². The summed E-state index contributed by atoms with van der Waals surface area (Å²) in [6.45, 7) is 2.86. The molecule has 2 nitrogen and oxygen atoms in total. The van der Waals surface area contributed by atoms with Crippen molar-refractivity contribution >= 4 is 5.69 Å². The SMILES string of the molecule is CCc1ccc(C(F)(F)F)c(N2CCC(O)CC2)c1. The van der Waals surface area contributed by atoms with Gasteiger partial charge in [0, 0.05) is 18.8 Å². The van der Waals surface area contributed by atoms with Gasteiger partial charge < -0.3 is 10.0 Å². The second kappa shape index (κ2) is 5.41. The van der Waals surface area contributed by atoms with E-state index in [1.54, 1.807) is 11.0 Å². The van der Waals surface area contributed by atoms with Gasteiger partial charge in [0.2, 0.25) is 0 Å². The normalized spacial score (nSPS) is 17.8. The molecule has 2 rings (SSSR count). The number of hydrogen-bond donors (Lipinski definition) is 1. The predicted molar refractivity (Wildman–Crippen MR) is 68.3 cm³/mol. The summed E-state index contributed by atoms with van der Waals surface area (Å²) in [5.74, 6) is 0. The van der Waals surface area contributed by atoms with E-state index in [-0.39, 0.29) is 11.8 Å². The standard InChI is InChI=1S/C14H18F3NO/c1-2-10-3-4-12(14(15,16)17)13(9-10)18-7-5-11(19)6-8-18/h3-4,9,11,19H,2,5-8H2,1H3. The molecule has 1 heterocycles. The second-order valence-corrected chi connectivity index (χ2v) is 4.92. The lowest BCUT2D eigenvalue weighted by Gasteiger charge is -2.33. The van der Waals surface area contributed by atoms with E-state index in [2.05, 4.69) is 0 Å². The Labute approximate surface area is 110 Å². The third-order valence-electron chi connectivity index (χ3n) is 3.58. The molecule has 1 aromatic rings. The first-order valence-corrected chi connectivity index (χ1v) is 6.55. The van der Waals surface area contributed by atoms with E-state index in [0.29, 0.717) is 32.4 Å². The summed E-state index contributed by atoms with van der Waals surface area (Å²) in [5.41, 5.74) is 0.564. The van der Waals surface area contributed by atoms with Crippen molar-refractivity contribution in [3.8, 4) is 0 Å². The number of aryl methyl sites for hydroxylation is 1. The number of anilines is 1. The largest absolute Gasteiger partial charge is 0.418 e. The van der Waals surface area contributed by atoms with Crippen molar-refractivity contribution in [2.24, 2.45) is 0 Å². The Morgan fingerprint density at radius 2 is 1.89 bits per heavy atom. The number of alkyl halides is 3. The van der Waals surface area contributed by atoms with Gasteiger partial charge in [-0.3, -0.25) is 0 Å². The van der Waals surface area contributed by atoms with E-state index < -0.39 is 11.7 Å². The lowest BCUT2D eigenvalue weighted by atomic mass is 10.0. The molecule has 0 amide bonds. The highest BCUT2D eigenvalue weighted by Gasteiger charge is 2.35. The number of aliphatic hydroxyl groups is 1. The van der Waals surface area contributed by atoms with Crippen LogP contribution in [0.5, 0.6) is 0 Å². The molecule has 19 heavy (non-hydrogen) atoms. The average Bonchev–Trinajstić information content (AvgIpc) is 2.38. The topological polar surface area (TPSA) is 23.5 Å². The van der Waals surface area contributed by atoms with Crippen molar-refractivity contribution in [3.05, 3.63) is 29.3 Å². The maximum atomic E-state index is 13.0. The van der Waals surface area contributed by atoms with Crippen LogP contribution in [0.1, 0.15) is 30.9 Å². The zero-order chi connectivity index (χ0) is 14.0. The van der Waals surface area contributed by atoms with E-state index in [4.69, 9.17) is 0 Å². The molecule has 0 atom stereocenters. The Morgan fingerprint density at radius 1 is 1.26 bits per heavy atom. The van der Waals surface area contributed by atoms with E-state index in [0.717, 1.165) is 5.56 Å². The van der Waals surface area contributed by atoms with Crippen molar-refractivity contribution in [2.45, 2.75) is 38.5 Å². The molecule has 0 saturated carbocycles. The quantitative estimate of drug-likeness (QED) is 0.894. The first-order valence-electron chi connectivity index (χ1n) is 6.55. The molecule has 0 spiro atoms. The van der Waals surface area contributed by atoms with Crippen LogP contribution in [0.2, 0.25) is 0 Å². The fraction of sp³-hybridized carbons (Fsp3) is 0.571. The summed E-state index contributed by atoms with van der Waals surface area (Å²) in [6, 6.07) is 4.32. The Kier molecular flexibility index (Phi) is 4.04. The number of nitrogens with zero attached hydrogens (tertiary/aromatic N) is 1. The van der Waals surface area contributed by atoms with E-state index in [1.807, 2.05) is 6.92 Å². The summed E-state index contributed by atoms with van der Waals surface area (Å²) in [6.07, 6.45) is -2.97. The summed E-state index contributed by atoms with van der Waals surface area (Å²) in [5, 5.41) is 9.45. The molecule has 1 saturated heterocycles. The third kappa shape index (κ3) is 3.21. The minimum Gasteiger partial charge on any atom is -0.393 e. The first kappa shape index (κ1) is 14.2. The molecule has 1 aliphatic rings. The van der Waals surface area contributed by atoms with Crippen LogP contribution >= 0.6 is 0 Å². The summed E-state index contributed by atoms with van der Waals surface area (Å²) in [7, 11) is 0. The van der Waals surface area contributed by atoms with Crippen LogP contribution in [0, 0.1) is 0 Å². The maximum absolute atomic E-state index is 13.0. The molecule has 106 valence electrons. The van der Waals surface area contributed by atoms with Gasteiger partial charge in [-0.1, -0.05) is 13.0 Å². The molecule has 1 aromatic carbocycles. The fourth-order valence-corrected chi connectivity index (χ4v) is 2.41. The second-order valence-electron chi connectivity index (χ2n) is 4.92. The Balaban J connectivity index is 2.35. The number of hydrogen-bond acceptors (Lipinski definition) is 2. The van der Waals surface area contributed by atoms with E-state index >= 15 is 0 Å². The van der Waals surface area contributed by atoms with Gasteiger partial charge in [-0.2, -0.15) is 13.2 Å². The van der Waals surface area contributed by atoms with Crippen LogP contribution < -0.4 is 4.90 Å². The molecule has 0 unspecified atom stereocenters. The van der Waals surface area contributed by atoms with Gasteiger partial charge in [0.25, 0.3) is 0 Å². The van der Waals surface area contributed by atoms with Crippen molar-refractivity contribution in [3.63, 3.8) is 0 Å². The average molecular weight is 273 g/mol. The predicted octanol–water partition coefficient (Wildman–Crippen LogP) is 3.23. The zero-order valence-corrected chi connectivity index (χ0v) is 10.9. The number of halogens is 3. The van der Waals surface area contributed by atoms with Crippen LogP contribution in [-0.2, 0) is 12.6 Å². The molecular formula is C14H18F3NO. The zero-order valence-electron chi connectivity index (χ0n) is 10.9. The maximum Gasteiger partial charge on any atom is 0.418 e. The molecule has 0 bridgehead atoms. The highest BCUT2D eigenvalue weighted by molar-refractivity contribution is 5.57. The van der Waals surface area contributed by atoms with Crippen LogP contribution in [-0.4, -0.2) is 24.3 Å². The number of piperidine rings is 1. The Hall–Kier alpha value is -1.23. The molecule has 1 N–H and O–H groups in total. The fourth-order valence-electron chi connectivity index (χ4n) is 2.41. The summed E-state index contributed by atoms with van der Waals surface area (Å²) in [4.78, 5) is 1.73. The molecule has 1 fully saturated rings. The van der Waals surface area contributed by atoms with Crippen molar-refractivity contribution in [1.82, 2.24) is 0 Å². The number of aliphatic hydroxyl groups excluding tert-OH is 1. The van der Waals surface area contributed by atoms with Crippen LogP contribution in [0.4, 0.5) is 18.9 Å². The third-order valence-corrected chi connectivity index (χ3v) is 3.58. The van der Waals surface area contributed by atoms with Gasteiger partial charge in [0.05, 0.1) is 11.7 Å². The van der Waals surface area contributed by atoms with Gasteiger partial charge in [-0.05, 0) is 37.0 Å². The van der Waals surface area contributed by atoms with Gasteiger partial charge >= 0.3 is 6.18 Å². The summed E-state index contributed by atoms with van der Waals surface area (Å²) < 4.78 is 39.1. The molecular weight excluding hydrogens is 255 g/mol. The van der Waals surface area contributed by atoms with Gasteiger partial charge in [0.1, 0.15) is 0 Å². The number of benzene rings is 1. The Bertz CT molecular complexity index is 437. The molecule has 0 aliphatic carbocycles. The highest BCUT2D eigenvalue weighted by Crippen LogP contribution is 2.38. The van der Waals surface area contributed by atoms with Crippen LogP contribution in [0.3, 0.4) is 0 Å². The Morgan fingerprint density at radius 3 is 2.42 bits per heavy atom. The van der Waals surface area contributed by atoms with Crippen LogP contribution in [0.25, 0.3) is 0 Å². The molecule has 0 radical (unpaired) electrons. The minimum absolute atomic E-state index is 0.249. The smallest absolute Gasteiger partial charge is 0.393 e. The molecule has 0 aromatic heterocycles. The van der Waals surface area contributed by atoms with Crippen molar-refractivity contribution < 1.29 is 18.3 Å². The van der Waals surface area contributed by atoms with Gasteiger partial charge in [-0.15, -0.1) is 0 Å². The van der Waals surface area contributed by atoms with Gasteiger partial charge in [0.15, 0.2) is 0 Å². The monoisotopic (exact) mass is 273 g/mol. The first-order chi connectivity index (χ1) is 8.91. The summed E-state index contributed by atoms with van der Waals surface area (Å²) >= 11 is 0. The van der Waals surface area contributed by atoms with E-state index in [9.17, 15) is 18.3 Å². The van der Waals surface area contributed by atoms with Gasteiger partial charge in [-0.25, -0.2) is 0 Å². The number of rotatable bonds is 2. The van der Waals surface area contributed by atoms with Crippen molar-refractivity contribution in [2.75, 3.05) is 18.0 Å². The highest BCUT2D eigenvalue weighted by atomic mass is 19.4. The van der Waals surface area contributed by atoms with Crippen molar-refractivity contribution in [1.29, 1.82) is 0 Å². The lowest BCUT2D eigenvalue weighted by molar-refractivity contribution is -0.137. The van der Waals surface area contributed by atoms with E-state index in [1.165, 1.54) is 12.1 Å². The molecule has 5 heteroatoms. The minimum atomic E-state index is -4.34.